The SMILES string of the molecule is CCCCCCCCCCCCCCCCCC(=O)OCC(COP(=O)(O)OC(CO)C(=O)O)OC(=O)CCCCCCCCCCCCCCCCC. The Bertz CT molecular complexity index is 932. The number of carboxylic acids is 1. The van der Waals surface area contributed by atoms with Crippen LogP contribution < -0.4 is 0 Å². The lowest BCUT2D eigenvalue weighted by Gasteiger charge is -2.21. The van der Waals surface area contributed by atoms with Gasteiger partial charge in [-0.15, -0.1) is 0 Å². The fourth-order valence-electron chi connectivity index (χ4n) is 6.43. The van der Waals surface area contributed by atoms with Gasteiger partial charge in [0.1, 0.15) is 6.61 Å². The third-order valence-electron chi connectivity index (χ3n) is 9.82. The van der Waals surface area contributed by atoms with Gasteiger partial charge < -0.3 is 24.6 Å². The van der Waals surface area contributed by atoms with Crippen molar-refractivity contribution in [3.8, 4) is 0 Å². The van der Waals surface area contributed by atoms with Crippen molar-refractivity contribution in [2.45, 2.75) is 232 Å². The maximum absolute atomic E-state index is 12.6. The molecular weight excluding hydrogens is 711 g/mol. The van der Waals surface area contributed by atoms with Crippen molar-refractivity contribution in [3.63, 3.8) is 0 Å². The number of phosphoric ester groups is 1. The van der Waals surface area contributed by atoms with Crippen molar-refractivity contribution in [3.05, 3.63) is 0 Å². The minimum Gasteiger partial charge on any atom is -0.479 e. The lowest BCUT2D eigenvalue weighted by atomic mass is 10.0. The van der Waals surface area contributed by atoms with Gasteiger partial charge in [0, 0.05) is 12.8 Å². The third-order valence-corrected chi connectivity index (χ3v) is 10.8. The minimum atomic E-state index is -4.94. The number of hydrogen-bond acceptors (Lipinski definition) is 9. The molecule has 0 saturated heterocycles. The molecule has 3 N–H and O–H groups in total. The van der Waals surface area contributed by atoms with Crippen LogP contribution in [0.15, 0.2) is 0 Å². The molecule has 0 rings (SSSR count). The highest BCUT2D eigenvalue weighted by Gasteiger charge is 2.32. The zero-order chi connectivity index (χ0) is 40.0. The normalized spacial score (nSPS) is 13.7. The van der Waals surface area contributed by atoms with Crippen LogP contribution in [0.4, 0.5) is 0 Å². The van der Waals surface area contributed by atoms with Crippen LogP contribution in [0, 0.1) is 0 Å². The van der Waals surface area contributed by atoms with Crippen LogP contribution in [0.2, 0.25) is 0 Å². The van der Waals surface area contributed by atoms with Crippen molar-refractivity contribution in [2.75, 3.05) is 19.8 Å². The van der Waals surface area contributed by atoms with Crippen molar-refractivity contribution in [1.29, 1.82) is 0 Å². The van der Waals surface area contributed by atoms with Crippen molar-refractivity contribution in [1.82, 2.24) is 0 Å². The van der Waals surface area contributed by atoms with Crippen LogP contribution in [-0.4, -0.2) is 65.0 Å². The first-order valence-electron chi connectivity index (χ1n) is 22.0. The van der Waals surface area contributed by atoms with Gasteiger partial charge in [0.15, 0.2) is 12.2 Å². The second-order valence-corrected chi connectivity index (χ2v) is 16.5. The molecule has 12 heteroatoms. The van der Waals surface area contributed by atoms with E-state index in [-0.39, 0.29) is 19.4 Å². The van der Waals surface area contributed by atoms with Gasteiger partial charge in [-0.25, -0.2) is 9.36 Å². The molecule has 3 atom stereocenters. The van der Waals surface area contributed by atoms with Gasteiger partial charge in [-0.3, -0.25) is 18.6 Å². The first-order valence-corrected chi connectivity index (χ1v) is 23.5. The largest absolute Gasteiger partial charge is 0.479 e. The van der Waals surface area contributed by atoms with Crippen LogP contribution in [0.3, 0.4) is 0 Å². The van der Waals surface area contributed by atoms with Crippen molar-refractivity contribution in [2.24, 2.45) is 0 Å². The summed E-state index contributed by atoms with van der Waals surface area (Å²) in [6.45, 7) is 2.40. The molecule has 320 valence electrons. The molecule has 0 saturated carbocycles. The number of carbonyl (C=O) groups excluding carboxylic acids is 2. The summed E-state index contributed by atoms with van der Waals surface area (Å²) in [5.41, 5.74) is 0. The minimum absolute atomic E-state index is 0.140. The van der Waals surface area contributed by atoms with Crippen molar-refractivity contribution >= 4 is 25.7 Å². The van der Waals surface area contributed by atoms with Crippen LogP contribution in [0.25, 0.3) is 0 Å². The van der Waals surface area contributed by atoms with Gasteiger partial charge in [0.2, 0.25) is 0 Å². The molecule has 0 amide bonds. The van der Waals surface area contributed by atoms with E-state index in [0.717, 1.165) is 38.5 Å². The number of esters is 2. The summed E-state index contributed by atoms with van der Waals surface area (Å²) in [7, 11) is -4.94. The Balaban J connectivity index is 4.34. The molecule has 0 radical (unpaired) electrons. The number of hydrogen-bond donors (Lipinski definition) is 3. The smallest absolute Gasteiger partial charge is 0.473 e. The Morgan fingerprint density at radius 3 is 1.19 bits per heavy atom. The van der Waals surface area contributed by atoms with E-state index < -0.39 is 51.2 Å². The number of aliphatic hydroxyl groups excluding tert-OH is 1. The monoisotopic (exact) mass is 793 g/mol. The average molecular weight is 793 g/mol. The van der Waals surface area contributed by atoms with E-state index in [9.17, 15) is 23.8 Å². The molecule has 54 heavy (non-hydrogen) atoms. The van der Waals surface area contributed by atoms with Crippen LogP contribution in [-0.2, 0) is 37.5 Å². The molecule has 0 bridgehead atoms. The van der Waals surface area contributed by atoms with Gasteiger partial charge in [-0.2, -0.15) is 0 Å². The highest BCUT2D eigenvalue weighted by Crippen LogP contribution is 2.44. The van der Waals surface area contributed by atoms with E-state index in [1.165, 1.54) is 141 Å². The number of phosphoric acid groups is 1. The van der Waals surface area contributed by atoms with Crippen LogP contribution >= 0.6 is 7.82 Å². The number of carbonyl (C=O) groups is 3. The summed E-state index contributed by atoms with van der Waals surface area (Å²) in [5.74, 6) is -2.67. The number of rotatable bonds is 42. The zero-order valence-corrected chi connectivity index (χ0v) is 35.4. The van der Waals surface area contributed by atoms with Gasteiger partial charge >= 0.3 is 25.7 Å². The molecule has 3 unspecified atom stereocenters. The zero-order valence-electron chi connectivity index (χ0n) is 34.5. The molecule has 11 nitrogen and oxygen atoms in total. The predicted octanol–water partition coefficient (Wildman–Crippen LogP) is 11.5. The average Bonchev–Trinajstić information content (AvgIpc) is 3.14. The molecule has 0 spiro atoms. The van der Waals surface area contributed by atoms with E-state index in [0.29, 0.717) is 12.8 Å². The molecule has 0 fully saturated rings. The first-order chi connectivity index (χ1) is 26.1. The number of aliphatic hydroxyl groups is 1. The summed E-state index contributed by atoms with van der Waals surface area (Å²) in [4.78, 5) is 46.1. The highest BCUT2D eigenvalue weighted by atomic mass is 31.2. The molecular formula is C42H81O11P. The molecule has 0 aliphatic heterocycles. The summed E-state index contributed by atoms with van der Waals surface area (Å²) in [6, 6.07) is 0. The lowest BCUT2D eigenvalue weighted by Crippen LogP contribution is -2.31. The van der Waals surface area contributed by atoms with Crippen LogP contribution in [0.1, 0.15) is 219 Å². The molecule has 0 aliphatic rings. The predicted molar refractivity (Wildman–Crippen MR) is 215 cm³/mol. The molecule has 0 aromatic rings. The van der Waals surface area contributed by atoms with Crippen LogP contribution in [0.5, 0.6) is 0 Å². The number of unbranched alkanes of at least 4 members (excludes halogenated alkanes) is 28. The third kappa shape index (κ3) is 36.1. The highest BCUT2D eigenvalue weighted by molar-refractivity contribution is 7.47. The standard InChI is InChI=1S/C42H81O11P/c1-3-5-7-9-11-13-15-17-19-21-23-25-27-29-31-33-40(44)50-36-38(37-51-54(48,49)53-39(35-43)42(46)47)52-41(45)34-32-30-28-26-24-22-20-18-16-14-12-10-8-6-4-2/h38-39,43H,3-37H2,1-2H3,(H,46,47)(H,48,49). The van der Waals surface area contributed by atoms with E-state index in [2.05, 4.69) is 18.4 Å². The van der Waals surface area contributed by atoms with Gasteiger partial charge in [-0.1, -0.05) is 194 Å². The van der Waals surface area contributed by atoms with Gasteiger partial charge in [0.05, 0.1) is 13.2 Å². The fourth-order valence-corrected chi connectivity index (χ4v) is 7.32. The summed E-state index contributed by atoms with van der Waals surface area (Å²) in [5, 5.41) is 18.1. The van der Waals surface area contributed by atoms with E-state index in [1.54, 1.807) is 0 Å². The Hall–Kier alpha value is -1.52. The summed E-state index contributed by atoms with van der Waals surface area (Å²) < 4.78 is 32.4. The van der Waals surface area contributed by atoms with E-state index in [1.807, 2.05) is 0 Å². The Morgan fingerprint density at radius 1 is 0.519 bits per heavy atom. The topological polar surface area (TPSA) is 166 Å². The number of carboxylic acid groups (broad SMARTS) is 1. The quantitative estimate of drug-likeness (QED) is 0.0306. The van der Waals surface area contributed by atoms with E-state index >= 15 is 0 Å². The lowest BCUT2D eigenvalue weighted by molar-refractivity contribution is -0.161. The Kier molecular flexibility index (Phi) is 37.3. The fraction of sp³-hybridized carbons (Fsp3) is 0.929. The number of ether oxygens (including phenoxy) is 2. The van der Waals surface area contributed by atoms with Crippen molar-refractivity contribution < 1.29 is 52.6 Å². The number of aliphatic carboxylic acids is 1. The second-order valence-electron chi connectivity index (χ2n) is 15.1. The maximum Gasteiger partial charge on any atom is 0.473 e. The first kappa shape index (κ1) is 52.5. The molecule has 0 heterocycles. The Morgan fingerprint density at radius 2 is 0.852 bits per heavy atom. The summed E-state index contributed by atoms with van der Waals surface area (Å²) in [6.07, 6.45) is 33.5. The van der Waals surface area contributed by atoms with Gasteiger partial charge in [0.25, 0.3) is 0 Å². The molecule has 0 aliphatic carbocycles. The van der Waals surface area contributed by atoms with Gasteiger partial charge in [-0.05, 0) is 12.8 Å². The maximum atomic E-state index is 12.6. The second kappa shape index (κ2) is 38.4. The Labute approximate surface area is 329 Å². The summed E-state index contributed by atoms with van der Waals surface area (Å²) >= 11 is 0. The molecule has 0 aromatic carbocycles. The molecule has 0 aromatic heterocycles. The van der Waals surface area contributed by atoms with E-state index in [4.69, 9.17) is 24.2 Å².